The van der Waals surface area contributed by atoms with Crippen molar-refractivity contribution in [1.82, 2.24) is 24.6 Å². The standard InChI is InChI=1S/C20H23N5O2S2/c1-23-9-11-24(12-10-23)18(26)14-29-20-22-21-19(17-8-5-13-28-17)25(20)15-6-3-4-7-16(15)27-2/h3-8,13H,9-12,14H2,1-2H3. The van der Waals surface area contributed by atoms with Crippen LogP contribution in [0.15, 0.2) is 46.9 Å². The Hall–Kier alpha value is -2.36. The molecule has 2 aromatic heterocycles. The topological polar surface area (TPSA) is 63.5 Å². The Bertz CT molecular complexity index is 965. The second-order valence-electron chi connectivity index (χ2n) is 6.76. The van der Waals surface area contributed by atoms with E-state index < -0.39 is 0 Å². The molecule has 0 unspecified atom stereocenters. The minimum absolute atomic E-state index is 0.135. The van der Waals surface area contributed by atoms with Crippen LogP contribution in [-0.2, 0) is 4.79 Å². The van der Waals surface area contributed by atoms with Crippen molar-refractivity contribution < 1.29 is 9.53 Å². The molecule has 0 saturated carbocycles. The number of thioether (sulfide) groups is 1. The van der Waals surface area contributed by atoms with E-state index in [4.69, 9.17) is 4.74 Å². The van der Waals surface area contributed by atoms with Crippen LogP contribution in [0.25, 0.3) is 16.4 Å². The summed E-state index contributed by atoms with van der Waals surface area (Å²) in [7, 11) is 3.73. The highest BCUT2D eigenvalue weighted by Gasteiger charge is 2.23. The monoisotopic (exact) mass is 429 g/mol. The summed E-state index contributed by atoms with van der Waals surface area (Å²) >= 11 is 3.02. The second-order valence-corrected chi connectivity index (χ2v) is 8.65. The molecule has 1 aliphatic rings. The number of amides is 1. The van der Waals surface area contributed by atoms with Crippen molar-refractivity contribution in [2.24, 2.45) is 0 Å². The summed E-state index contributed by atoms with van der Waals surface area (Å²) < 4.78 is 7.54. The number of likely N-dealkylation sites (N-methyl/N-ethyl adjacent to an activating group) is 1. The number of benzene rings is 1. The normalized spacial score (nSPS) is 14.9. The van der Waals surface area contributed by atoms with Crippen LogP contribution in [0.2, 0.25) is 0 Å². The van der Waals surface area contributed by atoms with Gasteiger partial charge >= 0.3 is 0 Å². The molecule has 0 atom stereocenters. The molecular formula is C20H23N5O2S2. The van der Waals surface area contributed by atoms with Crippen molar-refractivity contribution in [3.05, 3.63) is 41.8 Å². The predicted molar refractivity (Wildman–Crippen MR) is 116 cm³/mol. The number of para-hydroxylation sites is 2. The lowest BCUT2D eigenvalue weighted by atomic mass is 10.3. The van der Waals surface area contributed by atoms with Crippen molar-refractivity contribution in [2.75, 3.05) is 46.1 Å². The predicted octanol–water partition coefficient (Wildman–Crippen LogP) is 2.87. The summed E-state index contributed by atoms with van der Waals surface area (Å²) in [6.07, 6.45) is 0. The summed E-state index contributed by atoms with van der Waals surface area (Å²) in [6, 6.07) is 11.8. The molecule has 29 heavy (non-hydrogen) atoms. The number of ether oxygens (including phenoxy) is 1. The van der Waals surface area contributed by atoms with Gasteiger partial charge in [0.2, 0.25) is 5.91 Å². The van der Waals surface area contributed by atoms with Crippen molar-refractivity contribution in [3.8, 4) is 22.1 Å². The van der Waals surface area contributed by atoms with Gasteiger partial charge in [-0.1, -0.05) is 30.0 Å². The van der Waals surface area contributed by atoms with Crippen LogP contribution >= 0.6 is 23.1 Å². The number of methoxy groups -OCH3 is 1. The van der Waals surface area contributed by atoms with E-state index in [9.17, 15) is 4.79 Å². The maximum absolute atomic E-state index is 12.7. The number of carbonyl (C=O) groups excluding carboxylic acids is 1. The molecule has 1 aliphatic heterocycles. The minimum atomic E-state index is 0.135. The number of thiophene rings is 1. The smallest absolute Gasteiger partial charge is 0.233 e. The third-order valence-corrected chi connectivity index (χ3v) is 6.66. The molecule has 1 amide bonds. The molecule has 0 bridgehead atoms. The second kappa shape index (κ2) is 8.98. The number of piperazine rings is 1. The molecule has 0 aliphatic carbocycles. The molecule has 9 heteroatoms. The van der Waals surface area contributed by atoms with Gasteiger partial charge in [0.15, 0.2) is 11.0 Å². The first-order chi connectivity index (χ1) is 14.2. The van der Waals surface area contributed by atoms with Gasteiger partial charge in [-0.15, -0.1) is 21.5 Å². The maximum Gasteiger partial charge on any atom is 0.233 e. The number of nitrogens with zero attached hydrogens (tertiary/aromatic N) is 5. The average molecular weight is 430 g/mol. The molecule has 0 N–H and O–H groups in total. The lowest BCUT2D eigenvalue weighted by Crippen LogP contribution is -2.47. The molecular weight excluding hydrogens is 406 g/mol. The molecule has 1 aromatic carbocycles. The largest absolute Gasteiger partial charge is 0.495 e. The lowest BCUT2D eigenvalue weighted by Gasteiger charge is -2.32. The van der Waals surface area contributed by atoms with Gasteiger partial charge in [-0.3, -0.25) is 9.36 Å². The Labute approximate surface area is 178 Å². The molecule has 3 heterocycles. The first-order valence-corrected chi connectivity index (χ1v) is 11.3. The third-order valence-electron chi connectivity index (χ3n) is 4.88. The summed E-state index contributed by atoms with van der Waals surface area (Å²) in [5, 5.41) is 11.5. The molecule has 7 nitrogen and oxygen atoms in total. The van der Waals surface area contributed by atoms with Crippen molar-refractivity contribution in [3.63, 3.8) is 0 Å². The first kappa shape index (κ1) is 19.9. The van der Waals surface area contributed by atoms with Gasteiger partial charge in [0.25, 0.3) is 0 Å². The van der Waals surface area contributed by atoms with Crippen LogP contribution in [0.5, 0.6) is 5.75 Å². The van der Waals surface area contributed by atoms with Gasteiger partial charge in [-0.05, 0) is 30.6 Å². The quantitative estimate of drug-likeness (QED) is 0.562. The molecule has 0 radical (unpaired) electrons. The highest BCUT2D eigenvalue weighted by atomic mass is 32.2. The Morgan fingerprint density at radius 1 is 1.14 bits per heavy atom. The molecule has 152 valence electrons. The van der Waals surface area contributed by atoms with Gasteiger partial charge in [0, 0.05) is 26.2 Å². The SMILES string of the molecule is COc1ccccc1-n1c(SCC(=O)N2CCN(C)CC2)nnc1-c1cccs1. The molecule has 0 spiro atoms. The Morgan fingerprint density at radius 2 is 1.93 bits per heavy atom. The van der Waals surface area contributed by atoms with Crippen molar-refractivity contribution in [1.29, 1.82) is 0 Å². The fraction of sp³-hybridized carbons (Fsp3) is 0.350. The Kier molecular flexibility index (Phi) is 6.17. The first-order valence-electron chi connectivity index (χ1n) is 9.39. The summed E-state index contributed by atoms with van der Waals surface area (Å²) in [5.74, 6) is 1.95. The lowest BCUT2D eigenvalue weighted by molar-refractivity contribution is -0.129. The van der Waals surface area contributed by atoms with E-state index in [2.05, 4.69) is 22.1 Å². The van der Waals surface area contributed by atoms with E-state index >= 15 is 0 Å². The molecule has 3 aromatic rings. The summed E-state index contributed by atoms with van der Waals surface area (Å²) in [4.78, 5) is 17.9. The van der Waals surface area contributed by atoms with E-state index in [1.807, 2.05) is 51.2 Å². The van der Waals surface area contributed by atoms with Gasteiger partial charge in [0.05, 0.1) is 23.4 Å². The van der Waals surface area contributed by atoms with Crippen LogP contribution < -0.4 is 4.74 Å². The Balaban J connectivity index is 1.61. The average Bonchev–Trinajstić information content (AvgIpc) is 3.42. The van der Waals surface area contributed by atoms with E-state index in [1.165, 1.54) is 11.8 Å². The molecule has 1 saturated heterocycles. The zero-order valence-corrected chi connectivity index (χ0v) is 18.1. The van der Waals surface area contributed by atoms with Crippen LogP contribution in [-0.4, -0.2) is 76.6 Å². The maximum atomic E-state index is 12.7. The fourth-order valence-corrected chi connectivity index (χ4v) is 4.78. The number of aromatic nitrogens is 3. The van der Waals surface area contributed by atoms with Crippen LogP contribution in [0.1, 0.15) is 0 Å². The Morgan fingerprint density at radius 3 is 2.66 bits per heavy atom. The van der Waals surface area contributed by atoms with E-state index in [0.717, 1.165) is 48.3 Å². The van der Waals surface area contributed by atoms with Gasteiger partial charge in [-0.25, -0.2) is 0 Å². The van der Waals surface area contributed by atoms with Gasteiger partial charge < -0.3 is 14.5 Å². The van der Waals surface area contributed by atoms with Crippen molar-refractivity contribution in [2.45, 2.75) is 5.16 Å². The van der Waals surface area contributed by atoms with E-state index in [1.54, 1.807) is 18.4 Å². The van der Waals surface area contributed by atoms with Gasteiger partial charge in [0.1, 0.15) is 5.75 Å². The highest BCUT2D eigenvalue weighted by molar-refractivity contribution is 7.99. The van der Waals surface area contributed by atoms with Crippen molar-refractivity contribution >= 4 is 29.0 Å². The van der Waals surface area contributed by atoms with Crippen LogP contribution in [0.3, 0.4) is 0 Å². The van der Waals surface area contributed by atoms with Crippen LogP contribution in [0, 0.1) is 0 Å². The number of carbonyl (C=O) groups is 1. The fourth-order valence-electron chi connectivity index (χ4n) is 3.23. The van der Waals surface area contributed by atoms with Gasteiger partial charge in [-0.2, -0.15) is 0 Å². The molecule has 1 fully saturated rings. The van der Waals surface area contributed by atoms with Crippen LogP contribution in [0.4, 0.5) is 0 Å². The summed E-state index contributed by atoms with van der Waals surface area (Å²) in [5.41, 5.74) is 0.859. The third kappa shape index (κ3) is 4.31. The summed E-state index contributed by atoms with van der Waals surface area (Å²) in [6.45, 7) is 3.37. The molecule has 4 rings (SSSR count). The number of hydrogen-bond acceptors (Lipinski definition) is 7. The van der Waals surface area contributed by atoms with E-state index in [0.29, 0.717) is 10.9 Å². The zero-order chi connectivity index (χ0) is 20.2. The van der Waals surface area contributed by atoms with E-state index in [-0.39, 0.29) is 5.91 Å². The zero-order valence-electron chi connectivity index (χ0n) is 16.4. The number of hydrogen-bond donors (Lipinski definition) is 0. The highest BCUT2D eigenvalue weighted by Crippen LogP contribution is 2.34. The number of rotatable bonds is 6. The minimum Gasteiger partial charge on any atom is -0.495 e.